The van der Waals surface area contributed by atoms with E-state index in [2.05, 4.69) is 0 Å². The molecule has 0 radical (unpaired) electrons. The third-order valence-corrected chi connectivity index (χ3v) is 3.38. The van der Waals surface area contributed by atoms with Gasteiger partial charge in [-0.2, -0.15) is 0 Å². The van der Waals surface area contributed by atoms with Crippen LogP contribution in [-0.4, -0.2) is 47.7 Å². The van der Waals surface area contributed by atoms with E-state index in [1.165, 1.54) is 4.90 Å². The molecule has 1 N–H and O–H groups in total. The molecule has 1 saturated carbocycles. The van der Waals surface area contributed by atoms with Gasteiger partial charge in [-0.1, -0.05) is 0 Å². The topological polar surface area (TPSA) is 66.8 Å². The highest BCUT2D eigenvalue weighted by Crippen LogP contribution is 2.32. The lowest BCUT2D eigenvalue weighted by Gasteiger charge is -2.33. The number of rotatable bonds is 5. The molecule has 2 aliphatic rings. The Morgan fingerprint density at radius 1 is 1.31 bits per heavy atom. The van der Waals surface area contributed by atoms with Gasteiger partial charge in [0.15, 0.2) is 0 Å². The van der Waals surface area contributed by atoms with Crippen molar-refractivity contribution < 1.29 is 19.4 Å². The molecule has 1 heterocycles. The fourth-order valence-corrected chi connectivity index (χ4v) is 2.36. The first kappa shape index (κ1) is 11.4. The normalized spacial score (nSPS) is 23.8. The van der Waals surface area contributed by atoms with E-state index in [0.29, 0.717) is 19.6 Å². The molecule has 0 spiro atoms. The highest BCUT2D eigenvalue weighted by atomic mass is 16.5. The fraction of sp³-hybridized carbons (Fsp3) is 0.818. The summed E-state index contributed by atoms with van der Waals surface area (Å²) in [5.74, 6) is -0.844. The summed E-state index contributed by atoms with van der Waals surface area (Å²) in [5.41, 5.74) is 0. The molecular weight excluding hydrogens is 210 g/mol. The maximum atomic E-state index is 11.3. The zero-order valence-electron chi connectivity index (χ0n) is 9.17. The van der Waals surface area contributed by atoms with Crippen LogP contribution < -0.4 is 0 Å². The predicted octanol–water partition coefficient (Wildman–Crippen LogP) is 0.487. The van der Waals surface area contributed by atoms with Crippen LogP contribution in [-0.2, 0) is 14.3 Å². The number of hydrogen-bond acceptors (Lipinski definition) is 3. The summed E-state index contributed by atoms with van der Waals surface area (Å²) in [7, 11) is 0. The molecule has 16 heavy (non-hydrogen) atoms. The number of aliphatic carboxylic acids is 1. The van der Waals surface area contributed by atoms with Crippen LogP contribution in [0.15, 0.2) is 0 Å². The maximum absolute atomic E-state index is 11.3. The molecule has 1 aliphatic carbocycles. The van der Waals surface area contributed by atoms with Crippen molar-refractivity contribution in [2.24, 2.45) is 5.92 Å². The number of nitrogens with zero attached hydrogens (tertiary/aromatic N) is 1. The average molecular weight is 227 g/mol. The van der Waals surface area contributed by atoms with E-state index in [0.717, 1.165) is 25.7 Å². The van der Waals surface area contributed by atoms with Gasteiger partial charge in [0.1, 0.15) is 6.04 Å². The Labute approximate surface area is 94.4 Å². The Morgan fingerprint density at radius 2 is 1.94 bits per heavy atom. The van der Waals surface area contributed by atoms with E-state index in [-0.39, 0.29) is 12.0 Å². The van der Waals surface area contributed by atoms with E-state index in [4.69, 9.17) is 4.74 Å². The largest absolute Gasteiger partial charge is 0.480 e. The van der Waals surface area contributed by atoms with Crippen LogP contribution in [0.4, 0.5) is 0 Å². The zero-order valence-corrected chi connectivity index (χ0v) is 9.17. The first-order valence-corrected chi connectivity index (χ1v) is 5.77. The van der Waals surface area contributed by atoms with Crippen LogP contribution >= 0.6 is 0 Å². The smallest absolute Gasteiger partial charge is 0.326 e. The lowest BCUT2D eigenvalue weighted by Crippen LogP contribution is -2.48. The van der Waals surface area contributed by atoms with Gasteiger partial charge >= 0.3 is 5.97 Å². The van der Waals surface area contributed by atoms with Crippen molar-refractivity contribution in [2.45, 2.75) is 37.8 Å². The van der Waals surface area contributed by atoms with Crippen molar-refractivity contribution >= 4 is 12.4 Å². The van der Waals surface area contributed by atoms with E-state index in [9.17, 15) is 14.7 Å². The highest BCUT2D eigenvalue weighted by Gasteiger charge is 2.41. The molecule has 0 aromatic rings. The average Bonchev–Trinajstić information content (AvgIpc) is 3.10. The Kier molecular flexibility index (Phi) is 3.43. The second-order valence-corrected chi connectivity index (χ2v) is 4.52. The van der Waals surface area contributed by atoms with E-state index < -0.39 is 12.0 Å². The molecule has 5 heteroatoms. The van der Waals surface area contributed by atoms with Crippen molar-refractivity contribution in [3.05, 3.63) is 0 Å². The van der Waals surface area contributed by atoms with Crippen molar-refractivity contribution in [3.8, 4) is 0 Å². The second-order valence-electron chi connectivity index (χ2n) is 4.52. The fourth-order valence-electron chi connectivity index (χ4n) is 2.36. The Hall–Kier alpha value is -1.10. The summed E-state index contributed by atoms with van der Waals surface area (Å²) in [6, 6.07) is -0.504. The monoisotopic (exact) mass is 227 g/mol. The van der Waals surface area contributed by atoms with Crippen molar-refractivity contribution in [3.63, 3.8) is 0 Å². The van der Waals surface area contributed by atoms with Crippen LogP contribution in [0, 0.1) is 5.92 Å². The number of amides is 1. The summed E-state index contributed by atoms with van der Waals surface area (Å²) >= 11 is 0. The van der Waals surface area contributed by atoms with Gasteiger partial charge < -0.3 is 14.7 Å². The number of hydrogen-bond donors (Lipinski definition) is 1. The molecule has 5 nitrogen and oxygen atoms in total. The Bertz CT molecular complexity index is 271. The van der Waals surface area contributed by atoms with Gasteiger partial charge in [0.05, 0.1) is 0 Å². The van der Waals surface area contributed by atoms with Gasteiger partial charge in [-0.3, -0.25) is 4.79 Å². The third-order valence-electron chi connectivity index (χ3n) is 3.38. The van der Waals surface area contributed by atoms with Crippen LogP contribution in [0.25, 0.3) is 0 Å². The lowest BCUT2D eigenvalue weighted by molar-refractivity contribution is -0.150. The van der Waals surface area contributed by atoms with Crippen LogP contribution in [0.2, 0.25) is 0 Å². The van der Waals surface area contributed by atoms with Gasteiger partial charge in [0, 0.05) is 19.3 Å². The van der Waals surface area contributed by atoms with E-state index in [1.807, 2.05) is 0 Å². The molecule has 1 amide bonds. The molecule has 0 aromatic heterocycles. The first-order chi connectivity index (χ1) is 7.74. The highest BCUT2D eigenvalue weighted by molar-refractivity contribution is 5.77. The second kappa shape index (κ2) is 4.82. The van der Waals surface area contributed by atoms with Crippen LogP contribution in [0.5, 0.6) is 0 Å². The van der Waals surface area contributed by atoms with E-state index >= 15 is 0 Å². The van der Waals surface area contributed by atoms with Gasteiger partial charge in [0.25, 0.3) is 0 Å². The molecule has 0 bridgehead atoms. The van der Waals surface area contributed by atoms with Gasteiger partial charge in [-0.15, -0.1) is 0 Å². The van der Waals surface area contributed by atoms with Gasteiger partial charge in [-0.05, 0) is 31.6 Å². The predicted molar refractivity (Wildman–Crippen MR) is 55.9 cm³/mol. The number of carbonyl (C=O) groups excluding carboxylic acids is 1. The van der Waals surface area contributed by atoms with E-state index in [1.54, 1.807) is 0 Å². The number of carbonyl (C=O) groups is 2. The minimum Gasteiger partial charge on any atom is -0.480 e. The molecule has 2 rings (SSSR count). The molecule has 1 unspecified atom stereocenters. The molecule has 2 fully saturated rings. The number of ether oxygens (including phenoxy) is 1. The summed E-state index contributed by atoms with van der Waals surface area (Å²) in [6.45, 7) is 1.21. The molecule has 1 saturated heterocycles. The number of carboxylic acids is 1. The summed E-state index contributed by atoms with van der Waals surface area (Å²) in [4.78, 5) is 23.8. The standard InChI is InChI=1S/C11H17NO4/c13-7-12(9-1-2-9)10(11(14)15)8-3-5-16-6-4-8/h7-10H,1-6H2,(H,14,15). The minimum atomic E-state index is -0.883. The molecule has 1 aliphatic heterocycles. The molecule has 0 aromatic carbocycles. The van der Waals surface area contributed by atoms with Crippen molar-refractivity contribution in [1.29, 1.82) is 0 Å². The Balaban J connectivity index is 2.07. The summed E-state index contributed by atoms with van der Waals surface area (Å²) < 4.78 is 5.22. The first-order valence-electron chi connectivity index (χ1n) is 5.77. The third kappa shape index (κ3) is 2.35. The SMILES string of the molecule is O=CN(C1CC1)C(C(=O)O)C1CCOCC1. The molecule has 1 atom stereocenters. The van der Waals surface area contributed by atoms with Crippen molar-refractivity contribution in [2.75, 3.05) is 13.2 Å². The summed E-state index contributed by atoms with van der Waals surface area (Å²) in [5, 5.41) is 9.26. The summed E-state index contributed by atoms with van der Waals surface area (Å²) in [6.07, 6.45) is 4.03. The van der Waals surface area contributed by atoms with Gasteiger partial charge in [-0.25, -0.2) is 4.79 Å². The Morgan fingerprint density at radius 3 is 2.38 bits per heavy atom. The molecule has 90 valence electrons. The van der Waals surface area contributed by atoms with Crippen molar-refractivity contribution in [1.82, 2.24) is 4.90 Å². The zero-order chi connectivity index (χ0) is 11.5. The minimum absolute atomic E-state index is 0.0389. The molecular formula is C11H17NO4. The lowest BCUT2D eigenvalue weighted by atomic mass is 9.90. The van der Waals surface area contributed by atoms with Crippen LogP contribution in [0.3, 0.4) is 0 Å². The maximum Gasteiger partial charge on any atom is 0.326 e. The number of carboxylic acid groups (broad SMARTS) is 1. The quantitative estimate of drug-likeness (QED) is 0.694. The van der Waals surface area contributed by atoms with Crippen LogP contribution in [0.1, 0.15) is 25.7 Å². The van der Waals surface area contributed by atoms with Gasteiger partial charge in [0.2, 0.25) is 6.41 Å².